The van der Waals surface area contributed by atoms with Crippen LogP contribution in [-0.4, -0.2) is 33.8 Å². The summed E-state index contributed by atoms with van der Waals surface area (Å²) in [6.45, 7) is 0.677. The van der Waals surface area contributed by atoms with Crippen molar-refractivity contribution in [2.24, 2.45) is 10.3 Å². The van der Waals surface area contributed by atoms with Gasteiger partial charge in [0.05, 0.1) is 0 Å². The molecule has 1 N–H and O–H groups in total. The molecule has 0 unspecified atom stereocenters. The van der Waals surface area contributed by atoms with Crippen molar-refractivity contribution < 1.29 is 14.4 Å². The van der Waals surface area contributed by atoms with Gasteiger partial charge in [0.2, 0.25) is 5.88 Å². The van der Waals surface area contributed by atoms with Gasteiger partial charge in [-0.2, -0.15) is 5.10 Å². The summed E-state index contributed by atoms with van der Waals surface area (Å²) in [5, 5.41) is 20.5. The topological polar surface area (TPSA) is 83.5 Å². The van der Waals surface area contributed by atoms with Crippen molar-refractivity contribution in [2.75, 3.05) is 6.54 Å². The largest absolute Gasteiger partial charge is 0.456 e. The lowest BCUT2D eigenvalue weighted by atomic mass is 10.1. The number of fused-ring (bicyclic) bond motifs is 3. The van der Waals surface area contributed by atoms with Crippen LogP contribution in [0.1, 0.15) is 12.0 Å². The summed E-state index contributed by atoms with van der Waals surface area (Å²) in [6, 6.07) is 17.1. The molecule has 28 heavy (non-hydrogen) atoms. The summed E-state index contributed by atoms with van der Waals surface area (Å²) in [5.74, 6) is 1.47. The molecular formula is C21H16N4O3. The smallest absolute Gasteiger partial charge is 0.219 e. The molecule has 7 nitrogen and oxygen atoms in total. The monoisotopic (exact) mass is 372 g/mol. The summed E-state index contributed by atoms with van der Waals surface area (Å²) in [4.78, 5) is 4.33. The highest BCUT2D eigenvalue weighted by Gasteiger charge is 2.17. The van der Waals surface area contributed by atoms with Crippen LogP contribution in [-0.2, 0) is 0 Å². The number of hydrazone groups is 1. The number of hydrogen-bond acceptors (Lipinski definition) is 6. The van der Waals surface area contributed by atoms with Gasteiger partial charge in [0.25, 0.3) is 0 Å². The molecule has 0 saturated carbocycles. The van der Waals surface area contributed by atoms with Crippen LogP contribution in [0.3, 0.4) is 0 Å². The van der Waals surface area contributed by atoms with E-state index in [4.69, 9.17) is 9.15 Å². The van der Waals surface area contributed by atoms with Crippen molar-refractivity contribution in [1.82, 2.24) is 9.99 Å². The second-order valence-corrected chi connectivity index (χ2v) is 6.38. The highest BCUT2D eigenvalue weighted by atomic mass is 16.5. The van der Waals surface area contributed by atoms with E-state index in [1.165, 1.54) is 0 Å². The Morgan fingerprint density at radius 1 is 1.07 bits per heavy atom. The van der Waals surface area contributed by atoms with E-state index in [0.29, 0.717) is 29.6 Å². The maximum Gasteiger partial charge on any atom is 0.219 e. The van der Waals surface area contributed by atoms with Crippen LogP contribution >= 0.6 is 0 Å². The molecule has 0 atom stereocenters. The van der Waals surface area contributed by atoms with Gasteiger partial charge in [0.1, 0.15) is 16.9 Å². The zero-order valence-electron chi connectivity index (χ0n) is 14.8. The lowest BCUT2D eigenvalue weighted by molar-refractivity contribution is 0.305. The summed E-state index contributed by atoms with van der Waals surface area (Å²) in [5.41, 5.74) is 2.31. The van der Waals surface area contributed by atoms with Gasteiger partial charge in [-0.25, -0.2) is 9.99 Å². The predicted molar refractivity (Wildman–Crippen MR) is 106 cm³/mol. The molecule has 0 bridgehead atoms. The van der Waals surface area contributed by atoms with E-state index in [1.54, 1.807) is 29.6 Å². The molecule has 1 aliphatic rings. The fourth-order valence-electron chi connectivity index (χ4n) is 3.28. The number of pyridine rings is 1. The number of para-hydroxylation sites is 1. The first-order chi connectivity index (χ1) is 13.8. The minimum absolute atomic E-state index is 0.360. The van der Waals surface area contributed by atoms with Crippen molar-refractivity contribution in [3.8, 4) is 11.6 Å². The van der Waals surface area contributed by atoms with Gasteiger partial charge in [0.15, 0.2) is 5.84 Å². The van der Waals surface area contributed by atoms with Gasteiger partial charge in [0, 0.05) is 47.8 Å². The fourth-order valence-corrected chi connectivity index (χ4v) is 3.28. The Morgan fingerprint density at radius 3 is 2.75 bits per heavy atom. The van der Waals surface area contributed by atoms with E-state index >= 15 is 0 Å². The van der Waals surface area contributed by atoms with Crippen LogP contribution < -0.4 is 4.74 Å². The van der Waals surface area contributed by atoms with Crippen molar-refractivity contribution >= 4 is 34.0 Å². The third kappa shape index (κ3) is 2.83. The molecule has 3 heterocycles. The molecule has 0 spiro atoms. The van der Waals surface area contributed by atoms with Crippen LogP contribution in [0.25, 0.3) is 21.9 Å². The van der Waals surface area contributed by atoms with E-state index in [0.717, 1.165) is 28.4 Å². The molecule has 4 aromatic rings. The Kier molecular flexibility index (Phi) is 3.90. The molecule has 2 aromatic heterocycles. The first-order valence-electron chi connectivity index (χ1n) is 8.89. The number of aromatic nitrogens is 1. The van der Waals surface area contributed by atoms with Crippen LogP contribution in [0.15, 0.2) is 75.5 Å². The van der Waals surface area contributed by atoms with Gasteiger partial charge in [-0.05, 0) is 30.3 Å². The van der Waals surface area contributed by atoms with Gasteiger partial charge < -0.3 is 14.4 Å². The Hall–Kier alpha value is -3.87. The van der Waals surface area contributed by atoms with E-state index in [9.17, 15) is 5.21 Å². The quantitative estimate of drug-likeness (QED) is 0.246. The zero-order valence-corrected chi connectivity index (χ0v) is 14.8. The minimum Gasteiger partial charge on any atom is -0.456 e. The first kappa shape index (κ1) is 16.3. The summed E-state index contributed by atoms with van der Waals surface area (Å²) in [7, 11) is 0. The number of amidine groups is 1. The Morgan fingerprint density at radius 2 is 1.96 bits per heavy atom. The van der Waals surface area contributed by atoms with E-state index in [-0.39, 0.29) is 0 Å². The molecule has 2 aromatic carbocycles. The molecule has 0 aliphatic carbocycles. The summed E-state index contributed by atoms with van der Waals surface area (Å²) < 4.78 is 11.7. The molecule has 1 aliphatic heterocycles. The van der Waals surface area contributed by atoms with E-state index in [2.05, 4.69) is 15.2 Å². The first-order valence-corrected chi connectivity index (χ1v) is 8.89. The third-order valence-corrected chi connectivity index (χ3v) is 4.60. The SMILES string of the molecule is O/N=C(/c1ccc(Oc2ccc3oc4ccccc4c3c2)nc1)N1CCC=N1. The van der Waals surface area contributed by atoms with Crippen molar-refractivity contribution in [3.63, 3.8) is 0 Å². The predicted octanol–water partition coefficient (Wildman–Crippen LogP) is 4.60. The average molecular weight is 372 g/mol. The maximum absolute atomic E-state index is 9.32. The standard InChI is InChI=1S/C21H16N4O3/c26-24-21(25-11-3-10-23-25)14-6-9-20(22-13-14)27-15-7-8-19-17(12-15)16-4-1-2-5-18(16)28-19/h1-2,4-10,12-13,26H,3,11H2/b24-21-. The van der Waals surface area contributed by atoms with E-state index in [1.807, 2.05) is 42.5 Å². The molecule has 0 saturated heterocycles. The minimum atomic E-state index is 0.360. The summed E-state index contributed by atoms with van der Waals surface area (Å²) in [6.07, 6.45) is 4.20. The molecule has 0 radical (unpaired) electrons. The maximum atomic E-state index is 9.32. The third-order valence-electron chi connectivity index (χ3n) is 4.60. The molecule has 0 fully saturated rings. The van der Waals surface area contributed by atoms with Crippen LogP contribution in [0.4, 0.5) is 0 Å². The number of furan rings is 1. The molecule has 7 heteroatoms. The Bertz CT molecular complexity index is 1210. The molecule has 138 valence electrons. The number of nitrogens with zero attached hydrogens (tertiary/aromatic N) is 4. The number of rotatable bonds is 3. The lowest BCUT2D eigenvalue weighted by Gasteiger charge is -2.14. The summed E-state index contributed by atoms with van der Waals surface area (Å²) >= 11 is 0. The van der Waals surface area contributed by atoms with Gasteiger partial charge in [-0.3, -0.25) is 0 Å². The van der Waals surface area contributed by atoms with Crippen LogP contribution in [0.2, 0.25) is 0 Å². The normalized spacial score (nSPS) is 14.3. The molecule has 5 rings (SSSR count). The Labute approximate surface area is 160 Å². The number of ether oxygens (including phenoxy) is 1. The molecule has 0 amide bonds. The van der Waals surface area contributed by atoms with Crippen molar-refractivity contribution in [3.05, 3.63) is 66.4 Å². The second-order valence-electron chi connectivity index (χ2n) is 6.38. The number of oxime groups is 1. The highest BCUT2D eigenvalue weighted by molar-refractivity contribution is 6.05. The number of hydrogen-bond donors (Lipinski definition) is 1. The molecular weight excluding hydrogens is 356 g/mol. The van der Waals surface area contributed by atoms with Crippen molar-refractivity contribution in [1.29, 1.82) is 0 Å². The van der Waals surface area contributed by atoms with E-state index < -0.39 is 0 Å². The zero-order chi connectivity index (χ0) is 18.9. The fraction of sp³-hybridized carbons (Fsp3) is 0.0952. The number of benzene rings is 2. The van der Waals surface area contributed by atoms with Gasteiger partial charge in [-0.15, -0.1) is 0 Å². The van der Waals surface area contributed by atoms with Crippen LogP contribution in [0.5, 0.6) is 11.6 Å². The second kappa shape index (κ2) is 6.70. The van der Waals surface area contributed by atoms with Gasteiger partial charge >= 0.3 is 0 Å². The van der Waals surface area contributed by atoms with Crippen molar-refractivity contribution in [2.45, 2.75) is 6.42 Å². The average Bonchev–Trinajstić information content (AvgIpc) is 3.38. The Balaban J connectivity index is 1.41. The van der Waals surface area contributed by atoms with Gasteiger partial charge in [-0.1, -0.05) is 23.4 Å². The lowest BCUT2D eigenvalue weighted by Crippen LogP contribution is -2.24. The highest BCUT2D eigenvalue weighted by Crippen LogP contribution is 2.32. The van der Waals surface area contributed by atoms with Crippen LogP contribution in [0, 0.1) is 0 Å².